The number of carbonyl (C=O) groups is 1. The number of carbonyl (C=O) groups excluding carboxylic acids is 1. The summed E-state index contributed by atoms with van der Waals surface area (Å²) in [6, 6.07) is 0.473. The van der Waals surface area contributed by atoms with E-state index >= 15 is 0 Å². The lowest BCUT2D eigenvalue weighted by Gasteiger charge is -2.37. The van der Waals surface area contributed by atoms with Crippen LogP contribution in [0.25, 0.3) is 0 Å². The van der Waals surface area contributed by atoms with Crippen LogP contribution in [0.4, 0.5) is 0 Å². The lowest BCUT2D eigenvalue weighted by Crippen LogP contribution is -2.53. The van der Waals surface area contributed by atoms with Crippen LogP contribution in [0.15, 0.2) is 4.52 Å². The first-order valence-corrected chi connectivity index (χ1v) is 8.75. The average molecular weight is 320 g/mol. The van der Waals surface area contributed by atoms with E-state index in [4.69, 9.17) is 9.26 Å². The molecule has 0 spiro atoms. The quantitative estimate of drug-likeness (QED) is 0.837. The fraction of sp³-hybridized carbons (Fsp3) is 0.812. The van der Waals surface area contributed by atoms with Crippen LogP contribution in [-0.4, -0.2) is 58.1 Å². The smallest absolute Gasteiger partial charge is 0.255 e. The molecule has 0 bridgehead atoms. The summed E-state index contributed by atoms with van der Waals surface area (Å²) in [5.74, 6) is 1.47. The molecule has 7 nitrogen and oxygen atoms in total. The van der Waals surface area contributed by atoms with E-state index in [-0.39, 0.29) is 12.0 Å². The standard InChI is InChI=1S/C16H24N4O3/c21-15-11-19(7-8-20(15)12-4-1-2-5-12)10-14-17-16(23-18-14)13-6-3-9-22-13/h12-13H,1-11H2/t13-/m0/s1. The minimum atomic E-state index is -0.0444. The van der Waals surface area contributed by atoms with Gasteiger partial charge in [-0.05, 0) is 25.7 Å². The molecule has 1 saturated carbocycles. The van der Waals surface area contributed by atoms with Crippen LogP contribution in [0, 0.1) is 0 Å². The predicted octanol–water partition coefficient (Wildman–Crippen LogP) is 1.51. The first kappa shape index (κ1) is 15.1. The normalized spacial score (nSPS) is 27.2. The Bertz CT molecular complexity index is 549. The summed E-state index contributed by atoms with van der Waals surface area (Å²) in [5.41, 5.74) is 0. The molecule has 3 fully saturated rings. The van der Waals surface area contributed by atoms with Crippen molar-refractivity contribution in [2.24, 2.45) is 0 Å². The first-order chi connectivity index (χ1) is 11.3. The Morgan fingerprint density at radius 2 is 2.00 bits per heavy atom. The van der Waals surface area contributed by atoms with Gasteiger partial charge in [-0.2, -0.15) is 4.98 Å². The molecule has 1 aromatic heterocycles. The van der Waals surface area contributed by atoms with Crippen LogP contribution in [0.3, 0.4) is 0 Å². The number of rotatable bonds is 4. The fourth-order valence-electron chi connectivity index (χ4n) is 3.91. The third-order valence-electron chi connectivity index (χ3n) is 5.16. The maximum atomic E-state index is 12.4. The second kappa shape index (κ2) is 6.57. The Morgan fingerprint density at radius 3 is 2.74 bits per heavy atom. The molecule has 7 heteroatoms. The highest BCUT2D eigenvalue weighted by Crippen LogP contribution is 2.27. The lowest BCUT2D eigenvalue weighted by molar-refractivity contribution is -0.138. The molecule has 126 valence electrons. The number of ether oxygens (including phenoxy) is 1. The van der Waals surface area contributed by atoms with Gasteiger partial charge in [0.2, 0.25) is 5.91 Å². The third-order valence-corrected chi connectivity index (χ3v) is 5.16. The molecule has 0 radical (unpaired) electrons. The number of nitrogens with zero attached hydrogens (tertiary/aromatic N) is 4. The largest absolute Gasteiger partial charge is 0.368 e. The van der Waals surface area contributed by atoms with Gasteiger partial charge < -0.3 is 14.2 Å². The van der Waals surface area contributed by atoms with Crippen molar-refractivity contribution in [1.29, 1.82) is 0 Å². The van der Waals surface area contributed by atoms with Crippen LogP contribution in [-0.2, 0) is 16.1 Å². The number of piperazine rings is 1. The van der Waals surface area contributed by atoms with Gasteiger partial charge in [-0.1, -0.05) is 18.0 Å². The van der Waals surface area contributed by atoms with Gasteiger partial charge >= 0.3 is 0 Å². The van der Waals surface area contributed by atoms with E-state index in [0.29, 0.717) is 30.8 Å². The molecule has 1 aliphatic carbocycles. The Morgan fingerprint density at radius 1 is 1.13 bits per heavy atom. The molecule has 3 heterocycles. The van der Waals surface area contributed by atoms with Gasteiger partial charge in [0, 0.05) is 25.7 Å². The summed E-state index contributed by atoms with van der Waals surface area (Å²) in [6.07, 6.45) is 6.79. The number of hydrogen-bond donors (Lipinski definition) is 0. The molecule has 1 amide bonds. The first-order valence-electron chi connectivity index (χ1n) is 8.75. The maximum Gasteiger partial charge on any atom is 0.255 e. The zero-order chi connectivity index (χ0) is 15.6. The van der Waals surface area contributed by atoms with E-state index in [2.05, 4.69) is 19.9 Å². The summed E-state index contributed by atoms with van der Waals surface area (Å²) >= 11 is 0. The Hall–Kier alpha value is -1.47. The van der Waals surface area contributed by atoms with Gasteiger partial charge in [0.1, 0.15) is 6.10 Å². The average Bonchev–Trinajstić information content (AvgIpc) is 3.30. The molecule has 0 N–H and O–H groups in total. The molecule has 0 aromatic carbocycles. The van der Waals surface area contributed by atoms with Crippen molar-refractivity contribution in [3.05, 3.63) is 11.7 Å². The predicted molar refractivity (Wildman–Crippen MR) is 81.5 cm³/mol. The summed E-state index contributed by atoms with van der Waals surface area (Å²) in [4.78, 5) is 21.0. The van der Waals surface area contributed by atoms with Crippen molar-refractivity contribution in [2.75, 3.05) is 26.2 Å². The maximum absolute atomic E-state index is 12.4. The summed E-state index contributed by atoms with van der Waals surface area (Å²) in [7, 11) is 0. The van der Waals surface area contributed by atoms with Crippen LogP contribution in [0.5, 0.6) is 0 Å². The minimum Gasteiger partial charge on any atom is -0.368 e. The Labute approximate surface area is 136 Å². The molecule has 2 aliphatic heterocycles. The fourth-order valence-corrected chi connectivity index (χ4v) is 3.91. The highest BCUT2D eigenvalue weighted by molar-refractivity contribution is 5.79. The lowest BCUT2D eigenvalue weighted by atomic mass is 10.1. The second-order valence-corrected chi connectivity index (χ2v) is 6.79. The molecule has 23 heavy (non-hydrogen) atoms. The van der Waals surface area contributed by atoms with Gasteiger partial charge in [0.05, 0.1) is 13.1 Å². The molecule has 1 aromatic rings. The molecule has 2 saturated heterocycles. The topological polar surface area (TPSA) is 71.7 Å². The van der Waals surface area contributed by atoms with Gasteiger partial charge in [-0.3, -0.25) is 9.69 Å². The molecular formula is C16H24N4O3. The van der Waals surface area contributed by atoms with Gasteiger partial charge in [0.25, 0.3) is 5.89 Å². The Kier molecular flexibility index (Phi) is 4.31. The molecule has 3 aliphatic rings. The van der Waals surface area contributed by atoms with Crippen molar-refractivity contribution in [2.45, 2.75) is 57.2 Å². The van der Waals surface area contributed by atoms with Crippen molar-refractivity contribution in [3.63, 3.8) is 0 Å². The molecule has 0 unspecified atom stereocenters. The molecule has 1 atom stereocenters. The SMILES string of the molecule is O=C1CN(Cc2noc([C@@H]3CCCO3)n2)CCN1C1CCCC1. The molecular weight excluding hydrogens is 296 g/mol. The van der Waals surface area contributed by atoms with Crippen LogP contribution in [0.1, 0.15) is 56.3 Å². The van der Waals surface area contributed by atoms with Crippen molar-refractivity contribution >= 4 is 5.91 Å². The van der Waals surface area contributed by atoms with E-state index in [1.54, 1.807) is 0 Å². The van der Waals surface area contributed by atoms with E-state index < -0.39 is 0 Å². The van der Waals surface area contributed by atoms with E-state index in [9.17, 15) is 4.79 Å². The summed E-state index contributed by atoms with van der Waals surface area (Å²) in [6.45, 7) is 3.49. The van der Waals surface area contributed by atoms with Crippen molar-refractivity contribution in [1.82, 2.24) is 19.9 Å². The van der Waals surface area contributed by atoms with E-state index in [1.165, 1.54) is 25.7 Å². The van der Waals surface area contributed by atoms with E-state index in [1.807, 2.05) is 0 Å². The van der Waals surface area contributed by atoms with Crippen molar-refractivity contribution < 1.29 is 14.1 Å². The number of amides is 1. The molecule has 4 rings (SSSR count). The van der Waals surface area contributed by atoms with Crippen LogP contribution < -0.4 is 0 Å². The zero-order valence-electron chi connectivity index (χ0n) is 13.4. The third kappa shape index (κ3) is 3.26. The van der Waals surface area contributed by atoms with Gasteiger partial charge in [0.15, 0.2) is 5.82 Å². The highest BCUT2D eigenvalue weighted by Gasteiger charge is 2.32. The minimum absolute atomic E-state index is 0.0444. The summed E-state index contributed by atoms with van der Waals surface area (Å²) < 4.78 is 10.9. The monoisotopic (exact) mass is 320 g/mol. The second-order valence-electron chi connectivity index (χ2n) is 6.79. The van der Waals surface area contributed by atoms with Gasteiger partial charge in [-0.15, -0.1) is 0 Å². The highest BCUT2D eigenvalue weighted by atomic mass is 16.5. The van der Waals surface area contributed by atoms with Gasteiger partial charge in [-0.25, -0.2) is 0 Å². The van der Waals surface area contributed by atoms with Crippen LogP contribution >= 0.6 is 0 Å². The zero-order valence-corrected chi connectivity index (χ0v) is 13.4. The van der Waals surface area contributed by atoms with Crippen LogP contribution in [0.2, 0.25) is 0 Å². The van der Waals surface area contributed by atoms with E-state index in [0.717, 1.165) is 32.5 Å². The summed E-state index contributed by atoms with van der Waals surface area (Å²) in [5, 5.41) is 4.04. The Balaban J connectivity index is 1.32. The number of hydrogen-bond acceptors (Lipinski definition) is 6. The number of aromatic nitrogens is 2. The van der Waals surface area contributed by atoms with Crippen molar-refractivity contribution in [3.8, 4) is 0 Å².